The molecule has 2 aromatic carbocycles. The summed E-state index contributed by atoms with van der Waals surface area (Å²) in [5, 5.41) is 10.2. The normalized spacial score (nSPS) is 15.0. The lowest BCUT2D eigenvalue weighted by Gasteiger charge is -2.23. The van der Waals surface area contributed by atoms with E-state index in [1.165, 1.54) is 16.2 Å². The average Bonchev–Trinajstić information content (AvgIpc) is 3.48. The molecule has 9 heteroatoms. The van der Waals surface area contributed by atoms with E-state index in [1.54, 1.807) is 7.11 Å². The fourth-order valence-electron chi connectivity index (χ4n) is 4.60. The summed E-state index contributed by atoms with van der Waals surface area (Å²) in [7, 11) is 1.57. The number of aromatic nitrogens is 2. The van der Waals surface area contributed by atoms with E-state index >= 15 is 0 Å². The third-order valence-electron chi connectivity index (χ3n) is 6.91. The van der Waals surface area contributed by atoms with Gasteiger partial charge >= 0.3 is 0 Å². The molecule has 3 heterocycles. The van der Waals surface area contributed by atoms with E-state index in [9.17, 15) is 9.59 Å². The Kier molecular flexibility index (Phi) is 6.96. The third kappa shape index (κ3) is 4.45. The first-order valence-corrected chi connectivity index (χ1v) is 13.6. The zero-order valence-corrected chi connectivity index (χ0v) is 23.3. The van der Waals surface area contributed by atoms with Crippen molar-refractivity contribution in [1.29, 1.82) is 0 Å². The number of rotatable bonds is 8. The van der Waals surface area contributed by atoms with Gasteiger partial charge in [-0.1, -0.05) is 38.2 Å². The van der Waals surface area contributed by atoms with Crippen LogP contribution in [-0.2, 0) is 6.42 Å². The Morgan fingerprint density at radius 1 is 1.08 bits per heavy atom. The second kappa shape index (κ2) is 10.2. The van der Waals surface area contributed by atoms with Gasteiger partial charge in [0.15, 0.2) is 16.9 Å². The minimum Gasteiger partial charge on any atom is -0.493 e. The first kappa shape index (κ1) is 25.9. The predicted octanol–water partition coefficient (Wildman–Crippen LogP) is 6.01. The Balaban J connectivity index is 1.69. The van der Waals surface area contributed by atoms with Crippen LogP contribution in [0.4, 0.5) is 5.13 Å². The number of anilines is 1. The number of hydrogen-bond acceptors (Lipinski definition) is 8. The predicted molar refractivity (Wildman–Crippen MR) is 148 cm³/mol. The summed E-state index contributed by atoms with van der Waals surface area (Å²) in [5.41, 5.74) is 3.09. The number of aryl methyl sites for hydroxylation is 3. The van der Waals surface area contributed by atoms with E-state index in [1.807, 2.05) is 51.1 Å². The largest absolute Gasteiger partial charge is 0.493 e. The maximum Gasteiger partial charge on any atom is 0.297 e. The highest BCUT2D eigenvalue weighted by Gasteiger charge is 2.45. The van der Waals surface area contributed by atoms with Crippen LogP contribution < -0.4 is 19.8 Å². The molecule has 198 valence electrons. The molecule has 5 rings (SSSR count). The van der Waals surface area contributed by atoms with E-state index in [2.05, 4.69) is 24.0 Å². The Hall–Kier alpha value is -3.72. The maximum absolute atomic E-state index is 14.0. The first-order valence-electron chi connectivity index (χ1n) is 12.8. The third-order valence-corrected chi connectivity index (χ3v) is 7.97. The van der Waals surface area contributed by atoms with Crippen LogP contribution in [0.1, 0.15) is 71.1 Å². The van der Waals surface area contributed by atoms with E-state index < -0.39 is 11.9 Å². The van der Waals surface area contributed by atoms with Gasteiger partial charge in [-0.3, -0.25) is 14.5 Å². The number of fused-ring (bicyclic) bond motifs is 2. The summed E-state index contributed by atoms with van der Waals surface area (Å²) in [4.78, 5) is 29.3. The molecular weight excluding hydrogens is 502 g/mol. The molecule has 1 unspecified atom stereocenters. The van der Waals surface area contributed by atoms with E-state index in [0.717, 1.165) is 22.6 Å². The molecular formula is C29H31N3O5S. The van der Waals surface area contributed by atoms with Crippen molar-refractivity contribution in [1.82, 2.24) is 10.2 Å². The molecule has 0 fully saturated rings. The number of carbonyl (C=O) groups excluding carboxylic acids is 1. The van der Waals surface area contributed by atoms with Crippen molar-refractivity contribution in [2.75, 3.05) is 18.6 Å². The zero-order valence-electron chi connectivity index (χ0n) is 22.5. The molecule has 0 saturated carbocycles. The molecule has 4 aromatic rings. The van der Waals surface area contributed by atoms with Gasteiger partial charge in [-0.15, -0.1) is 10.2 Å². The van der Waals surface area contributed by atoms with Gasteiger partial charge in [0.1, 0.15) is 10.6 Å². The molecule has 1 aliphatic heterocycles. The lowest BCUT2D eigenvalue weighted by atomic mass is 9.97. The summed E-state index contributed by atoms with van der Waals surface area (Å²) in [6.07, 6.45) is 1.60. The fraction of sp³-hybridized carbons (Fsp3) is 0.379. The molecule has 0 aliphatic carbocycles. The van der Waals surface area contributed by atoms with E-state index in [0.29, 0.717) is 52.1 Å². The highest BCUT2D eigenvalue weighted by molar-refractivity contribution is 7.15. The zero-order chi connectivity index (χ0) is 27.1. The smallest absolute Gasteiger partial charge is 0.297 e. The van der Waals surface area contributed by atoms with Crippen molar-refractivity contribution >= 4 is 33.3 Å². The van der Waals surface area contributed by atoms with Gasteiger partial charge in [-0.05, 0) is 73.6 Å². The second-order valence-corrected chi connectivity index (χ2v) is 11.0. The van der Waals surface area contributed by atoms with Crippen LogP contribution >= 0.6 is 11.3 Å². The molecule has 1 amide bonds. The topological polar surface area (TPSA) is 94.8 Å². The summed E-state index contributed by atoms with van der Waals surface area (Å²) < 4.78 is 17.8. The Labute approximate surface area is 225 Å². The van der Waals surface area contributed by atoms with E-state index in [4.69, 9.17) is 13.9 Å². The molecule has 0 spiro atoms. The minimum absolute atomic E-state index is 0.0280. The van der Waals surface area contributed by atoms with Gasteiger partial charge in [-0.2, -0.15) is 0 Å². The molecule has 1 aliphatic rings. The number of methoxy groups -OCH3 is 1. The molecule has 2 aromatic heterocycles. The molecule has 0 saturated heterocycles. The quantitative estimate of drug-likeness (QED) is 0.274. The van der Waals surface area contributed by atoms with Gasteiger partial charge in [0.25, 0.3) is 5.91 Å². The molecule has 8 nitrogen and oxygen atoms in total. The van der Waals surface area contributed by atoms with Crippen molar-refractivity contribution in [3.8, 4) is 11.5 Å². The van der Waals surface area contributed by atoms with E-state index in [-0.39, 0.29) is 16.8 Å². The number of carbonyl (C=O) groups is 1. The lowest BCUT2D eigenvalue weighted by molar-refractivity contribution is 0.0970. The molecule has 0 radical (unpaired) electrons. The van der Waals surface area contributed by atoms with Crippen LogP contribution in [-0.4, -0.2) is 29.8 Å². The second-order valence-electron chi connectivity index (χ2n) is 9.96. The van der Waals surface area contributed by atoms with Gasteiger partial charge < -0.3 is 13.9 Å². The highest BCUT2D eigenvalue weighted by Crippen LogP contribution is 2.44. The van der Waals surface area contributed by atoms with Crippen LogP contribution in [0.15, 0.2) is 39.5 Å². The summed E-state index contributed by atoms with van der Waals surface area (Å²) in [5.74, 6) is 1.25. The highest BCUT2D eigenvalue weighted by atomic mass is 32.1. The molecule has 1 atom stereocenters. The SMILES string of the molecule is CCc1nnc(N2C(=O)c3oc4cc(C)c(C)cc4c(=O)c3C2c2ccc(OCCC(C)C)c(OC)c2)s1. The number of benzene rings is 2. The Morgan fingerprint density at radius 3 is 2.53 bits per heavy atom. The molecule has 0 bridgehead atoms. The van der Waals surface area contributed by atoms with Crippen LogP contribution in [0.25, 0.3) is 11.0 Å². The Bertz CT molecular complexity index is 1590. The number of hydrogen-bond donors (Lipinski definition) is 0. The van der Waals surface area contributed by atoms with Crippen molar-refractivity contribution in [2.24, 2.45) is 5.92 Å². The van der Waals surface area contributed by atoms with Gasteiger partial charge in [0.05, 0.1) is 30.7 Å². The number of ether oxygens (including phenoxy) is 2. The van der Waals surface area contributed by atoms with Crippen LogP contribution in [0.5, 0.6) is 11.5 Å². The summed E-state index contributed by atoms with van der Waals surface area (Å²) >= 11 is 1.33. The Morgan fingerprint density at radius 2 is 1.84 bits per heavy atom. The average molecular weight is 534 g/mol. The van der Waals surface area contributed by atoms with Crippen LogP contribution in [0, 0.1) is 19.8 Å². The van der Waals surface area contributed by atoms with Crippen molar-refractivity contribution < 1.29 is 18.7 Å². The number of nitrogens with zero attached hydrogens (tertiary/aromatic N) is 3. The van der Waals surface area contributed by atoms with Crippen LogP contribution in [0.2, 0.25) is 0 Å². The fourth-order valence-corrected chi connectivity index (χ4v) is 5.41. The minimum atomic E-state index is -0.754. The standard InChI is InChI=1S/C29H31N3O5S/c1-7-23-30-31-29(38-23)32-25(18-8-9-20(22(14-18)35-6)36-11-10-15(2)3)24-26(33)19-12-16(4)17(5)13-21(19)37-27(24)28(32)34/h8-9,12-15,25H,7,10-11H2,1-6H3. The maximum atomic E-state index is 14.0. The van der Waals surface area contributed by atoms with Crippen molar-refractivity contribution in [2.45, 2.75) is 53.5 Å². The summed E-state index contributed by atoms with van der Waals surface area (Å²) in [6.45, 7) is 10.7. The molecule has 0 N–H and O–H groups in total. The summed E-state index contributed by atoms with van der Waals surface area (Å²) in [6, 6.07) is 8.38. The van der Waals surface area contributed by atoms with Crippen LogP contribution in [0.3, 0.4) is 0 Å². The number of amides is 1. The first-order chi connectivity index (χ1) is 18.2. The molecule has 38 heavy (non-hydrogen) atoms. The van der Waals surface area contributed by atoms with Crippen molar-refractivity contribution in [3.63, 3.8) is 0 Å². The monoisotopic (exact) mass is 533 g/mol. The van der Waals surface area contributed by atoms with Crippen molar-refractivity contribution in [3.05, 3.63) is 73.6 Å². The van der Waals surface area contributed by atoms with Gasteiger partial charge in [0, 0.05) is 0 Å². The van der Waals surface area contributed by atoms with Gasteiger partial charge in [0.2, 0.25) is 10.9 Å². The van der Waals surface area contributed by atoms with Gasteiger partial charge in [-0.25, -0.2) is 0 Å². The lowest BCUT2D eigenvalue weighted by Crippen LogP contribution is -2.29.